The van der Waals surface area contributed by atoms with Gasteiger partial charge in [-0.2, -0.15) is 13.2 Å². The highest BCUT2D eigenvalue weighted by Gasteiger charge is 2.27. The number of alkyl halides is 3. The zero-order chi connectivity index (χ0) is 14.3. The van der Waals surface area contributed by atoms with E-state index in [4.69, 9.17) is 0 Å². The van der Waals surface area contributed by atoms with Crippen LogP contribution in [0.25, 0.3) is 0 Å². The second-order valence-corrected chi connectivity index (χ2v) is 5.07. The lowest BCUT2D eigenvalue weighted by Crippen LogP contribution is -2.17. The van der Waals surface area contributed by atoms with Gasteiger partial charge in [0.25, 0.3) is 0 Å². The Morgan fingerprint density at radius 2 is 1.89 bits per heavy atom. The molecule has 0 spiro atoms. The first-order valence-electron chi connectivity index (χ1n) is 6.03. The van der Waals surface area contributed by atoms with Crippen molar-refractivity contribution >= 4 is 11.8 Å². The summed E-state index contributed by atoms with van der Waals surface area (Å²) in [4.78, 5) is 0.898. The lowest BCUT2D eigenvalue weighted by Gasteiger charge is -2.13. The maximum Gasteiger partial charge on any atom is 0.411 e. The third-order valence-corrected chi connectivity index (χ3v) is 3.36. The molecule has 0 fully saturated rings. The molecule has 1 aromatic rings. The minimum Gasteiger partial charge on any atom is -0.361 e. The van der Waals surface area contributed by atoms with Crippen molar-refractivity contribution < 1.29 is 17.9 Å². The highest BCUT2D eigenvalue weighted by molar-refractivity contribution is 7.99. The Labute approximate surface area is 115 Å². The Kier molecular flexibility index (Phi) is 6.68. The van der Waals surface area contributed by atoms with Crippen molar-refractivity contribution in [2.24, 2.45) is 0 Å². The van der Waals surface area contributed by atoms with Gasteiger partial charge in [-0.15, -0.1) is 0 Å². The number of hydrogen-bond acceptors (Lipinski definition) is 3. The summed E-state index contributed by atoms with van der Waals surface area (Å²) in [6.45, 7) is 3.80. The second kappa shape index (κ2) is 7.77. The first kappa shape index (κ1) is 16.3. The maximum atomic E-state index is 11.9. The van der Waals surface area contributed by atoms with Gasteiger partial charge in [-0.25, -0.2) is 0 Å². The fourth-order valence-corrected chi connectivity index (χ4v) is 2.18. The molecule has 1 aromatic carbocycles. The van der Waals surface area contributed by atoms with Crippen LogP contribution < -0.4 is 5.32 Å². The summed E-state index contributed by atoms with van der Waals surface area (Å²) in [6, 6.07) is 8.00. The molecule has 1 rings (SSSR count). The van der Waals surface area contributed by atoms with Crippen LogP contribution in [-0.2, 0) is 4.74 Å². The number of ether oxygens (including phenoxy) is 1. The number of halogens is 3. The average Bonchev–Trinajstić information content (AvgIpc) is 2.34. The zero-order valence-electron chi connectivity index (χ0n) is 11.0. The van der Waals surface area contributed by atoms with Crippen LogP contribution in [-0.4, -0.2) is 25.3 Å². The Morgan fingerprint density at radius 1 is 1.26 bits per heavy atom. The number of nitrogens with one attached hydrogen (secondary N) is 1. The number of hydrogen-bond donors (Lipinski definition) is 1. The standard InChI is InChI=1S/C13H18F3NOS/c1-3-17-10(2)11-4-6-12(7-5-11)19-9-18-8-13(14,15)16/h4-7,10,17H,3,8-9H2,1-2H3. The molecule has 1 atom stereocenters. The van der Waals surface area contributed by atoms with Crippen LogP contribution in [0.15, 0.2) is 29.2 Å². The van der Waals surface area contributed by atoms with Crippen LogP contribution in [0.3, 0.4) is 0 Å². The van der Waals surface area contributed by atoms with Crippen molar-refractivity contribution in [2.45, 2.75) is 31.0 Å². The van der Waals surface area contributed by atoms with Crippen LogP contribution >= 0.6 is 11.8 Å². The van der Waals surface area contributed by atoms with E-state index in [0.29, 0.717) is 0 Å². The second-order valence-electron chi connectivity index (χ2n) is 4.07. The van der Waals surface area contributed by atoms with Gasteiger partial charge in [0.2, 0.25) is 0 Å². The molecule has 0 saturated heterocycles. The first-order chi connectivity index (χ1) is 8.92. The third kappa shape index (κ3) is 6.84. The smallest absolute Gasteiger partial charge is 0.361 e. The van der Waals surface area contributed by atoms with Crippen molar-refractivity contribution in [3.63, 3.8) is 0 Å². The van der Waals surface area contributed by atoms with Gasteiger partial charge in [-0.1, -0.05) is 30.8 Å². The van der Waals surface area contributed by atoms with Gasteiger partial charge in [0.05, 0.1) is 5.94 Å². The molecule has 0 heterocycles. The molecular weight excluding hydrogens is 275 g/mol. The Bertz CT molecular complexity index is 367. The average molecular weight is 293 g/mol. The molecule has 0 saturated carbocycles. The third-order valence-electron chi connectivity index (χ3n) is 2.47. The molecular formula is C13H18F3NOS. The van der Waals surface area contributed by atoms with Crippen LogP contribution in [0.2, 0.25) is 0 Å². The molecule has 0 radical (unpaired) electrons. The molecule has 108 valence electrons. The summed E-state index contributed by atoms with van der Waals surface area (Å²) in [7, 11) is 0. The van der Waals surface area contributed by atoms with Crippen molar-refractivity contribution in [3.05, 3.63) is 29.8 Å². The van der Waals surface area contributed by atoms with Gasteiger partial charge < -0.3 is 10.1 Å². The summed E-state index contributed by atoms with van der Waals surface area (Å²) in [5.41, 5.74) is 1.16. The molecule has 0 aromatic heterocycles. The molecule has 1 N–H and O–H groups in total. The van der Waals surface area contributed by atoms with Crippen molar-refractivity contribution in [1.29, 1.82) is 0 Å². The van der Waals surface area contributed by atoms with E-state index >= 15 is 0 Å². The highest BCUT2D eigenvalue weighted by Crippen LogP contribution is 2.22. The lowest BCUT2D eigenvalue weighted by molar-refractivity contribution is -0.168. The highest BCUT2D eigenvalue weighted by atomic mass is 32.2. The normalized spacial score (nSPS) is 13.5. The SMILES string of the molecule is CCNC(C)c1ccc(SCOCC(F)(F)F)cc1. The van der Waals surface area contributed by atoms with E-state index in [1.54, 1.807) is 0 Å². The topological polar surface area (TPSA) is 21.3 Å². The first-order valence-corrected chi connectivity index (χ1v) is 7.01. The fraction of sp³-hybridized carbons (Fsp3) is 0.538. The summed E-state index contributed by atoms with van der Waals surface area (Å²) in [6.07, 6.45) is -4.26. The van der Waals surface area contributed by atoms with Gasteiger partial charge in [-0.05, 0) is 31.2 Å². The van der Waals surface area contributed by atoms with Crippen molar-refractivity contribution in [2.75, 3.05) is 19.1 Å². The van der Waals surface area contributed by atoms with Crippen molar-refractivity contribution in [1.82, 2.24) is 5.32 Å². The van der Waals surface area contributed by atoms with E-state index in [-0.39, 0.29) is 12.0 Å². The molecule has 0 amide bonds. The summed E-state index contributed by atoms with van der Waals surface area (Å²) in [5, 5.41) is 3.29. The monoisotopic (exact) mass is 293 g/mol. The zero-order valence-corrected chi connectivity index (χ0v) is 11.8. The van der Waals surface area contributed by atoms with E-state index < -0.39 is 12.8 Å². The summed E-state index contributed by atoms with van der Waals surface area (Å²) < 4.78 is 40.1. The van der Waals surface area contributed by atoms with E-state index in [1.165, 1.54) is 11.8 Å². The van der Waals surface area contributed by atoms with Gasteiger partial charge in [0, 0.05) is 10.9 Å². The number of rotatable bonds is 7. The summed E-state index contributed by atoms with van der Waals surface area (Å²) in [5.74, 6) is 0.00161. The van der Waals surface area contributed by atoms with Crippen molar-refractivity contribution in [3.8, 4) is 0 Å². The quantitative estimate of drug-likeness (QED) is 0.467. The maximum absolute atomic E-state index is 11.9. The van der Waals surface area contributed by atoms with Gasteiger partial charge in [0.15, 0.2) is 0 Å². The Balaban J connectivity index is 2.36. The predicted molar refractivity (Wildman–Crippen MR) is 71.3 cm³/mol. The van der Waals surface area contributed by atoms with Gasteiger partial charge in [0.1, 0.15) is 6.61 Å². The fourth-order valence-electron chi connectivity index (χ4n) is 1.54. The molecule has 0 bridgehead atoms. The van der Waals surface area contributed by atoms with Crippen LogP contribution in [0.1, 0.15) is 25.5 Å². The van der Waals surface area contributed by atoms with Crippen LogP contribution in [0.4, 0.5) is 13.2 Å². The minimum absolute atomic E-state index is 0.00161. The Hall–Kier alpha value is -0.720. The number of benzene rings is 1. The molecule has 19 heavy (non-hydrogen) atoms. The molecule has 6 heteroatoms. The molecule has 1 unspecified atom stereocenters. The van der Waals surface area contributed by atoms with Crippen LogP contribution in [0, 0.1) is 0 Å². The molecule has 2 nitrogen and oxygen atoms in total. The molecule has 0 aliphatic rings. The molecule has 0 aliphatic carbocycles. The van der Waals surface area contributed by atoms with E-state index in [1.807, 2.05) is 31.2 Å². The van der Waals surface area contributed by atoms with E-state index in [9.17, 15) is 13.2 Å². The van der Waals surface area contributed by atoms with Gasteiger partial charge >= 0.3 is 6.18 Å². The van der Waals surface area contributed by atoms with Gasteiger partial charge in [-0.3, -0.25) is 0 Å². The minimum atomic E-state index is -4.26. The van der Waals surface area contributed by atoms with E-state index in [0.717, 1.165) is 17.0 Å². The molecule has 0 aliphatic heterocycles. The number of thioether (sulfide) groups is 1. The summed E-state index contributed by atoms with van der Waals surface area (Å²) >= 11 is 1.25. The van der Waals surface area contributed by atoms with E-state index in [2.05, 4.69) is 17.0 Å². The Morgan fingerprint density at radius 3 is 2.42 bits per heavy atom. The van der Waals surface area contributed by atoms with Crippen LogP contribution in [0.5, 0.6) is 0 Å². The predicted octanol–water partition coefficient (Wildman–Crippen LogP) is 3.99. The largest absolute Gasteiger partial charge is 0.411 e. The lowest BCUT2D eigenvalue weighted by atomic mass is 10.1.